The molecule has 0 spiro atoms. The van der Waals surface area contributed by atoms with Gasteiger partial charge in [0.2, 0.25) is 0 Å². The summed E-state index contributed by atoms with van der Waals surface area (Å²) >= 11 is 1.65. The average molecular weight is 329 g/mol. The number of nitrogens with zero attached hydrogens (tertiary/aromatic N) is 3. The van der Waals surface area contributed by atoms with Gasteiger partial charge in [-0.25, -0.2) is 9.97 Å². The SMILES string of the molecule is C=CC[C@@]1(CO)CCCN(Cc2cnc(-c3cccs3)nc2)C1. The Bertz CT molecular complexity index is 626. The lowest BCUT2D eigenvalue weighted by atomic mass is 9.78. The number of aliphatic hydroxyl groups excluding tert-OH is 1. The number of aromatic nitrogens is 2. The van der Waals surface area contributed by atoms with Crippen molar-refractivity contribution in [1.82, 2.24) is 14.9 Å². The third-order valence-corrected chi connectivity index (χ3v) is 5.37. The number of aliphatic hydroxyl groups is 1. The summed E-state index contributed by atoms with van der Waals surface area (Å²) in [5.74, 6) is 0.791. The molecule has 2 aromatic heterocycles. The number of likely N-dealkylation sites (tertiary alicyclic amines) is 1. The van der Waals surface area contributed by atoms with Crippen molar-refractivity contribution >= 4 is 11.3 Å². The lowest BCUT2D eigenvalue weighted by Crippen LogP contribution is -2.44. The molecule has 0 aliphatic carbocycles. The fourth-order valence-corrected chi connectivity index (χ4v) is 4.01. The highest BCUT2D eigenvalue weighted by molar-refractivity contribution is 7.13. The summed E-state index contributed by atoms with van der Waals surface area (Å²) in [7, 11) is 0. The Hall–Kier alpha value is -1.56. The predicted octanol–water partition coefficient (Wildman–Crippen LogP) is 3.36. The van der Waals surface area contributed by atoms with Gasteiger partial charge in [0.25, 0.3) is 0 Å². The Morgan fingerprint density at radius 2 is 2.22 bits per heavy atom. The molecule has 23 heavy (non-hydrogen) atoms. The van der Waals surface area contributed by atoms with Gasteiger partial charge in [-0.2, -0.15) is 0 Å². The maximum atomic E-state index is 9.80. The summed E-state index contributed by atoms with van der Waals surface area (Å²) in [6.45, 7) is 6.87. The van der Waals surface area contributed by atoms with E-state index in [0.717, 1.165) is 55.2 Å². The molecular weight excluding hydrogens is 306 g/mol. The van der Waals surface area contributed by atoms with Gasteiger partial charge in [-0.15, -0.1) is 17.9 Å². The number of thiophene rings is 1. The Balaban J connectivity index is 1.65. The van der Waals surface area contributed by atoms with Crippen LogP contribution in [0.3, 0.4) is 0 Å². The Morgan fingerprint density at radius 3 is 2.87 bits per heavy atom. The van der Waals surface area contributed by atoms with Crippen molar-refractivity contribution in [2.45, 2.75) is 25.8 Å². The molecule has 1 atom stereocenters. The maximum Gasteiger partial charge on any atom is 0.169 e. The molecule has 0 radical (unpaired) electrons. The molecule has 0 aromatic carbocycles. The van der Waals surface area contributed by atoms with E-state index in [9.17, 15) is 5.11 Å². The molecule has 1 aliphatic rings. The number of rotatable bonds is 6. The van der Waals surface area contributed by atoms with E-state index in [1.807, 2.05) is 36.0 Å². The predicted molar refractivity (Wildman–Crippen MR) is 94.2 cm³/mol. The zero-order chi connectivity index (χ0) is 16.1. The van der Waals surface area contributed by atoms with Crippen LogP contribution in [0.15, 0.2) is 42.6 Å². The summed E-state index contributed by atoms with van der Waals surface area (Å²) in [5, 5.41) is 11.8. The highest BCUT2D eigenvalue weighted by Crippen LogP contribution is 2.34. The minimum atomic E-state index is -0.0300. The molecule has 1 N–H and O–H groups in total. The summed E-state index contributed by atoms with van der Waals surface area (Å²) < 4.78 is 0. The molecule has 0 amide bonds. The fraction of sp³-hybridized carbons (Fsp3) is 0.444. The van der Waals surface area contributed by atoms with Crippen LogP contribution in [-0.2, 0) is 6.54 Å². The van der Waals surface area contributed by atoms with Crippen molar-refractivity contribution in [3.05, 3.63) is 48.1 Å². The standard InChI is InChI=1S/C18H23N3OS/c1-2-6-18(14-22)7-4-8-21(13-18)12-15-10-19-17(20-11-15)16-5-3-9-23-16/h2-3,5,9-11,22H,1,4,6-8,12-14H2/t18-/m1/s1. The first-order chi connectivity index (χ1) is 11.2. The maximum absolute atomic E-state index is 9.80. The van der Waals surface area contributed by atoms with E-state index >= 15 is 0 Å². The second kappa shape index (κ2) is 7.34. The van der Waals surface area contributed by atoms with Crippen molar-refractivity contribution in [2.24, 2.45) is 5.41 Å². The van der Waals surface area contributed by atoms with Crippen molar-refractivity contribution in [2.75, 3.05) is 19.7 Å². The van der Waals surface area contributed by atoms with Crippen molar-refractivity contribution in [3.8, 4) is 10.7 Å². The van der Waals surface area contributed by atoms with Gasteiger partial charge in [-0.1, -0.05) is 12.1 Å². The monoisotopic (exact) mass is 329 g/mol. The molecule has 4 nitrogen and oxygen atoms in total. The van der Waals surface area contributed by atoms with Gasteiger partial charge in [-0.3, -0.25) is 4.90 Å². The molecule has 0 bridgehead atoms. The van der Waals surface area contributed by atoms with Crippen molar-refractivity contribution in [1.29, 1.82) is 0 Å². The first-order valence-electron chi connectivity index (χ1n) is 8.04. The van der Waals surface area contributed by atoms with E-state index in [4.69, 9.17) is 0 Å². The average Bonchev–Trinajstić information content (AvgIpc) is 3.11. The summed E-state index contributed by atoms with van der Waals surface area (Å²) in [4.78, 5) is 12.5. The normalized spacial score (nSPS) is 22.1. The van der Waals surface area contributed by atoms with Crippen LogP contribution >= 0.6 is 11.3 Å². The van der Waals surface area contributed by atoms with Crippen LogP contribution in [0.2, 0.25) is 0 Å². The van der Waals surface area contributed by atoms with E-state index in [0.29, 0.717) is 0 Å². The van der Waals surface area contributed by atoms with E-state index in [1.54, 1.807) is 11.3 Å². The van der Waals surface area contributed by atoms with Crippen LogP contribution < -0.4 is 0 Å². The molecule has 5 heteroatoms. The molecule has 122 valence electrons. The third-order valence-electron chi connectivity index (χ3n) is 4.51. The van der Waals surface area contributed by atoms with Crippen LogP contribution in [0.5, 0.6) is 0 Å². The fourth-order valence-electron chi connectivity index (χ4n) is 3.34. The van der Waals surface area contributed by atoms with Crippen LogP contribution in [0, 0.1) is 5.41 Å². The first-order valence-corrected chi connectivity index (χ1v) is 8.91. The number of allylic oxidation sites excluding steroid dienone is 1. The van der Waals surface area contributed by atoms with E-state index in [2.05, 4.69) is 21.4 Å². The molecule has 1 saturated heterocycles. The van der Waals surface area contributed by atoms with E-state index in [-0.39, 0.29) is 12.0 Å². The topological polar surface area (TPSA) is 49.2 Å². The summed E-state index contributed by atoms with van der Waals surface area (Å²) in [6.07, 6.45) is 8.82. The second-order valence-corrected chi connectivity index (χ2v) is 7.31. The van der Waals surface area contributed by atoms with Gasteiger partial charge in [0.15, 0.2) is 5.82 Å². The molecule has 3 heterocycles. The Kier molecular flexibility index (Phi) is 5.20. The van der Waals surface area contributed by atoms with E-state index < -0.39 is 0 Å². The number of hydrogen-bond donors (Lipinski definition) is 1. The number of hydrogen-bond acceptors (Lipinski definition) is 5. The highest BCUT2D eigenvalue weighted by Gasteiger charge is 2.33. The second-order valence-electron chi connectivity index (χ2n) is 6.36. The molecule has 1 aliphatic heterocycles. The van der Waals surface area contributed by atoms with E-state index in [1.165, 1.54) is 0 Å². The number of piperidine rings is 1. The first kappa shape index (κ1) is 16.3. The van der Waals surface area contributed by atoms with Crippen LogP contribution in [0.1, 0.15) is 24.8 Å². The molecule has 0 unspecified atom stereocenters. The van der Waals surface area contributed by atoms with Crippen LogP contribution in [0.25, 0.3) is 10.7 Å². The summed E-state index contributed by atoms with van der Waals surface area (Å²) in [5.41, 5.74) is 1.09. The molecule has 0 saturated carbocycles. The quantitative estimate of drug-likeness (QED) is 0.826. The van der Waals surface area contributed by atoms with Gasteiger partial charge in [0.05, 0.1) is 11.5 Å². The largest absolute Gasteiger partial charge is 0.396 e. The minimum Gasteiger partial charge on any atom is -0.396 e. The zero-order valence-corrected chi connectivity index (χ0v) is 14.1. The highest BCUT2D eigenvalue weighted by atomic mass is 32.1. The van der Waals surface area contributed by atoms with Gasteiger partial charge >= 0.3 is 0 Å². The molecule has 3 rings (SSSR count). The van der Waals surface area contributed by atoms with Gasteiger partial charge < -0.3 is 5.11 Å². The minimum absolute atomic E-state index is 0.0300. The Morgan fingerprint density at radius 1 is 1.39 bits per heavy atom. The van der Waals surface area contributed by atoms with Gasteiger partial charge in [-0.05, 0) is 37.3 Å². The zero-order valence-electron chi connectivity index (χ0n) is 13.3. The van der Waals surface area contributed by atoms with Gasteiger partial charge in [0.1, 0.15) is 0 Å². The molecule has 2 aromatic rings. The molecular formula is C18H23N3OS. The third kappa shape index (κ3) is 3.86. The smallest absolute Gasteiger partial charge is 0.169 e. The lowest BCUT2D eigenvalue weighted by molar-refractivity contribution is 0.0308. The van der Waals surface area contributed by atoms with Crippen molar-refractivity contribution < 1.29 is 5.11 Å². The summed E-state index contributed by atoms with van der Waals surface area (Å²) in [6, 6.07) is 4.05. The Labute approximate surface area is 141 Å². The van der Waals surface area contributed by atoms with Crippen LogP contribution in [-0.4, -0.2) is 39.7 Å². The lowest BCUT2D eigenvalue weighted by Gasteiger charge is -2.41. The van der Waals surface area contributed by atoms with Gasteiger partial charge in [0, 0.05) is 36.5 Å². The van der Waals surface area contributed by atoms with Crippen molar-refractivity contribution in [3.63, 3.8) is 0 Å². The molecule has 1 fully saturated rings. The van der Waals surface area contributed by atoms with Crippen LogP contribution in [0.4, 0.5) is 0 Å².